The van der Waals surface area contributed by atoms with Gasteiger partial charge in [-0.15, -0.1) is 11.3 Å². The molecule has 1 aliphatic heterocycles. The molecule has 0 N–H and O–H groups in total. The number of carbonyl (C=O) groups excluding carboxylic acids is 1. The Kier molecular flexibility index (Phi) is 4.63. The molecule has 3 fully saturated rings. The third-order valence-electron chi connectivity index (χ3n) is 6.16. The SMILES string of the molecule is CO[C@@]12CC[C@@H](OCC3CC3)C[C@@H]1N(C(=O)c1sc(C)nc1C)CC2. The monoisotopic (exact) mass is 364 g/mol. The van der Waals surface area contributed by atoms with Crippen LogP contribution >= 0.6 is 11.3 Å². The first-order valence-corrected chi connectivity index (χ1v) is 10.3. The number of aryl methyl sites for hydroxylation is 2. The molecule has 0 aromatic carbocycles. The summed E-state index contributed by atoms with van der Waals surface area (Å²) in [6, 6.07) is 0.116. The molecule has 25 heavy (non-hydrogen) atoms. The quantitative estimate of drug-likeness (QED) is 0.804. The van der Waals surface area contributed by atoms with E-state index in [0.717, 1.165) is 60.3 Å². The van der Waals surface area contributed by atoms with Crippen molar-refractivity contribution in [2.75, 3.05) is 20.3 Å². The van der Waals surface area contributed by atoms with E-state index in [4.69, 9.17) is 9.47 Å². The molecule has 0 unspecified atom stereocenters. The maximum atomic E-state index is 13.2. The molecular weight excluding hydrogens is 336 g/mol. The first kappa shape index (κ1) is 17.4. The highest BCUT2D eigenvalue weighted by atomic mass is 32.1. The van der Waals surface area contributed by atoms with Crippen LogP contribution in [0.25, 0.3) is 0 Å². The minimum Gasteiger partial charge on any atom is -0.378 e. The number of rotatable bonds is 5. The van der Waals surface area contributed by atoms with Crippen molar-refractivity contribution in [3.8, 4) is 0 Å². The van der Waals surface area contributed by atoms with Crippen molar-refractivity contribution in [3.63, 3.8) is 0 Å². The summed E-state index contributed by atoms with van der Waals surface area (Å²) in [5, 5.41) is 0.951. The number of nitrogens with zero attached hydrogens (tertiary/aromatic N) is 2. The zero-order valence-electron chi connectivity index (χ0n) is 15.4. The third-order valence-corrected chi connectivity index (χ3v) is 7.23. The number of ether oxygens (including phenoxy) is 2. The largest absolute Gasteiger partial charge is 0.378 e. The second-order valence-corrected chi connectivity index (χ2v) is 9.06. The molecule has 0 bridgehead atoms. The van der Waals surface area contributed by atoms with E-state index in [1.54, 1.807) is 7.11 Å². The van der Waals surface area contributed by atoms with Crippen molar-refractivity contribution in [1.82, 2.24) is 9.88 Å². The molecule has 2 heterocycles. The van der Waals surface area contributed by atoms with E-state index >= 15 is 0 Å². The maximum Gasteiger partial charge on any atom is 0.266 e. The molecular formula is C19H28N2O3S. The van der Waals surface area contributed by atoms with Crippen molar-refractivity contribution in [2.45, 2.75) is 70.1 Å². The number of methoxy groups -OCH3 is 1. The summed E-state index contributed by atoms with van der Waals surface area (Å²) < 4.78 is 12.1. The van der Waals surface area contributed by atoms with Crippen LogP contribution in [-0.4, -0.2) is 53.8 Å². The smallest absolute Gasteiger partial charge is 0.266 e. The number of aromatic nitrogens is 1. The Morgan fingerprint density at radius 1 is 1.32 bits per heavy atom. The lowest BCUT2D eigenvalue weighted by Crippen LogP contribution is -2.53. The standard InChI is InChI=1S/C19H28N2O3S/c1-12-17(25-13(2)20-12)18(22)21-9-8-19(23-3)7-6-15(10-16(19)21)24-11-14-4-5-14/h14-16H,4-11H2,1-3H3/t15-,16+,19-/m1/s1. The van der Waals surface area contributed by atoms with E-state index in [1.807, 2.05) is 18.7 Å². The van der Waals surface area contributed by atoms with E-state index in [9.17, 15) is 4.79 Å². The maximum absolute atomic E-state index is 13.2. The molecule has 1 aromatic heterocycles. The predicted molar refractivity (Wildman–Crippen MR) is 97.1 cm³/mol. The van der Waals surface area contributed by atoms with Gasteiger partial charge in [0.05, 0.1) is 28.4 Å². The van der Waals surface area contributed by atoms with Crippen LogP contribution in [0, 0.1) is 19.8 Å². The summed E-state index contributed by atoms with van der Waals surface area (Å²) in [7, 11) is 1.80. The molecule has 3 aliphatic rings. The van der Waals surface area contributed by atoms with Gasteiger partial charge >= 0.3 is 0 Å². The average molecular weight is 365 g/mol. The van der Waals surface area contributed by atoms with Gasteiger partial charge in [0.1, 0.15) is 4.88 Å². The zero-order chi connectivity index (χ0) is 17.6. The van der Waals surface area contributed by atoms with Gasteiger partial charge in [-0.2, -0.15) is 0 Å². The molecule has 138 valence electrons. The first-order chi connectivity index (χ1) is 12.0. The second kappa shape index (κ2) is 6.63. The second-order valence-electron chi connectivity index (χ2n) is 7.85. The Labute approximate surface area is 153 Å². The lowest BCUT2D eigenvalue weighted by Gasteiger charge is -2.43. The summed E-state index contributed by atoms with van der Waals surface area (Å²) in [4.78, 5) is 20.4. The Hall–Kier alpha value is -0.980. The summed E-state index contributed by atoms with van der Waals surface area (Å²) in [5.41, 5.74) is 0.655. The van der Waals surface area contributed by atoms with Crippen molar-refractivity contribution in [1.29, 1.82) is 0 Å². The van der Waals surface area contributed by atoms with Gasteiger partial charge in [0, 0.05) is 20.3 Å². The topological polar surface area (TPSA) is 51.7 Å². The fraction of sp³-hybridized carbons (Fsp3) is 0.789. The van der Waals surface area contributed by atoms with Gasteiger partial charge in [0.15, 0.2) is 0 Å². The molecule has 4 rings (SSSR count). The molecule has 3 atom stereocenters. The summed E-state index contributed by atoms with van der Waals surface area (Å²) in [6.07, 6.45) is 6.71. The van der Waals surface area contributed by atoms with Crippen LogP contribution in [0.2, 0.25) is 0 Å². The van der Waals surface area contributed by atoms with Crippen molar-refractivity contribution in [2.24, 2.45) is 5.92 Å². The third kappa shape index (κ3) is 3.24. The number of fused-ring (bicyclic) bond motifs is 1. The normalized spacial score (nSPS) is 32.0. The van der Waals surface area contributed by atoms with E-state index in [2.05, 4.69) is 4.98 Å². The Morgan fingerprint density at radius 3 is 2.76 bits per heavy atom. The number of thiazole rings is 1. The molecule has 2 aliphatic carbocycles. The van der Waals surface area contributed by atoms with Crippen LogP contribution in [0.4, 0.5) is 0 Å². The van der Waals surface area contributed by atoms with Crippen LogP contribution in [0.3, 0.4) is 0 Å². The predicted octanol–water partition coefficient (Wildman–Crippen LogP) is 3.34. The molecule has 2 saturated carbocycles. The van der Waals surface area contributed by atoms with Crippen LogP contribution in [-0.2, 0) is 9.47 Å². The molecule has 1 aromatic rings. The Morgan fingerprint density at radius 2 is 2.12 bits per heavy atom. The van der Waals surface area contributed by atoms with Crippen molar-refractivity contribution in [3.05, 3.63) is 15.6 Å². The fourth-order valence-corrected chi connectivity index (χ4v) is 5.35. The van der Waals surface area contributed by atoms with Gasteiger partial charge in [-0.25, -0.2) is 4.98 Å². The van der Waals surface area contributed by atoms with Gasteiger partial charge in [0.25, 0.3) is 5.91 Å². The van der Waals surface area contributed by atoms with Crippen LogP contribution in [0.15, 0.2) is 0 Å². The van der Waals surface area contributed by atoms with Crippen molar-refractivity contribution < 1.29 is 14.3 Å². The molecule has 1 saturated heterocycles. The fourth-order valence-electron chi connectivity index (χ4n) is 4.47. The number of hydrogen-bond donors (Lipinski definition) is 0. The van der Waals surface area contributed by atoms with E-state index in [1.165, 1.54) is 24.2 Å². The lowest BCUT2D eigenvalue weighted by atomic mass is 9.79. The minimum absolute atomic E-state index is 0.116. The summed E-state index contributed by atoms with van der Waals surface area (Å²) >= 11 is 1.50. The number of likely N-dealkylation sites (tertiary alicyclic amines) is 1. The van der Waals surface area contributed by atoms with Crippen LogP contribution < -0.4 is 0 Å². The average Bonchev–Trinajstić information content (AvgIpc) is 3.27. The molecule has 1 amide bonds. The number of amides is 1. The molecule has 6 heteroatoms. The van der Waals surface area contributed by atoms with Gasteiger partial charge in [-0.05, 0) is 58.3 Å². The van der Waals surface area contributed by atoms with Gasteiger partial charge in [-0.1, -0.05) is 0 Å². The van der Waals surface area contributed by atoms with Gasteiger partial charge in [-0.3, -0.25) is 4.79 Å². The van der Waals surface area contributed by atoms with E-state index in [-0.39, 0.29) is 23.7 Å². The summed E-state index contributed by atoms with van der Waals surface area (Å²) in [6.45, 7) is 5.54. The van der Waals surface area contributed by atoms with E-state index < -0.39 is 0 Å². The Balaban J connectivity index is 1.51. The molecule has 5 nitrogen and oxygen atoms in total. The minimum atomic E-state index is -0.192. The highest BCUT2D eigenvalue weighted by molar-refractivity contribution is 7.13. The zero-order valence-corrected chi connectivity index (χ0v) is 16.2. The highest BCUT2D eigenvalue weighted by Gasteiger charge is 2.53. The lowest BCUT2D eigenvalue weighted by molar-refractivity contribution is -0.0977. The summed E-state index contributed by atoms with van der Waals surface area (Å²) in [5.74, 6) is 0.896. The molecule has 0 spiro atoms. The van der Waals surface area contributed by atoms with Gasteiger partial charge < -0.3 is 14.4 Å². The highest BCUT2D eigenvalue weighted by Crippen LogP contribution is 2.44. The van der Waals surface area contributed by atoms with Gasteiger partial charge in [0.2, 0.25) is 0 Å². The van der Waals surface area contributed by atoms with E-state index in [0.29, 0.717) is 0 Å². The molecule has 0 radical (unpaired) electrons. The first-order valence-electron chi connectivity index (χ1n) is 9.44. The van der Waals surface area contributed by atoms with Crippen molar-refractivity contribution >= 4 is 17.2 Å². The Bertz CT molecular complexity index is 657. The van der Waals surface area contributed by atoms with Crippen LogP contribution in [0.5, 0.6) is 0 Å². The van der Waals surface area contributed by atoms with Crippen LogP contribution in [0.1, 0.15) is 58.9 Å². The number of hydrogen-bond acceptors (Lipinski definition) is 5. The number of carbonyl (C=O) groups is 1.